The second-order valence-corrected chi connectivity index (χ2v) is 7.53. The van der Waals surface area contributed by atoms with Crippen molar-refractivity contribution in [2.24, 2.45) is 5.14 Å². The highest BCUT2D eigenvalue weighted by Crippen LogP contribution is 2.35. The van der Waals surface area contributed by atoms with Gasteiger partial charge in [0.25, 0.3) is 0 Å². The maximum absolute atomic E-state index is 11.2. The maximum atomic E-state index is 11.2. The lowest BCUT2D eigenvalue weighted by atomic mass is 10.0. The monoisotopic (exact) mass is 286 g/mol. The van der Waals surface area contributed by atoms with Crippen LogP contribution in [0.3, 0.4) is 0 Å². The van der Waals surface area contributed by atoms with E-state index in [-0.39, 0.29) is 10.6 Å². The first-order valence-electron chi connectivity index (χ1n) is 6.06. The van der Waals surface area contributed by atoms with Crippen molar-refractivity contribution in [2.75, 3.05) is 5.73 Å². The lowest BCUT2D eigenvalue weighted by molar-refractivity contribution is 0.516. The zero-order valence-corrected chi connectivity index (χ0v) is 11.8. The summed E-state index contributed by atoms with van der Waals surface area (Å²) < 4.78 is 22.5. The Hall–Kier alpha value is -0.720. The SMILES string of the molecule is Nc1cc(SC2CCCCC2)ccc1S(N)(=O)=O. The number of anilines is 1. The van der Waals surface area contributed by atoms with Crippen molar-refractivity contribution in [2.45, 2.75) is 47.1 Å². The summed E-state index contributed by atoms with van der Waals surface area (Å²) in [6, 6.07) is 4.99. The molecule has 0 saturated heterocycles. The number of hydrogen-bond acceptors (Lipinski definition) is 4. The number of hydrogen-bond donors (Lipinski definition) is 2. The fourth-order valence-corrected chi connectivity index (χ4v) is 4.18. The van der Waals surface area contributed by atoms with Gasteiger partial charge in [-0.05, 0) is 31.0 Å². The average Bonchev–Trinajstić information content (AvgIpc) is 2.28. The van der Waals surface area contributed by atoms with Crippen molar-refractivity contribution >= 4 is 27.5 Å². The number of nitrogen functional groups attached to an aromatic ring is 1. The zero-order valence-electron chi connectivity index (χ0n) is 10.1. The molecule has 1 aliphatic rings. The molecule has 0 radical (unpaired) electrons. The Bertz CT molecular complexity index is 523. The Morgan fingerprint density at radius 1 is 1.17 bits per heavy atom. The molecule has 18 heavy (non-hydrogen) atoms. The number of nitrogens with two attached hydrogens (primary N) is 2. The summed E-state index contributed by atoms with van der Waals surface area (Å²) in [5.74, 6) is 0. The topological polar surface area (TPSA) is 86.2 Å². The highest BCUT2D eigenvalue weighted by molar-refractivity contribution is 8.00. The van der Waals surface area contributed by atoms with Gasteiger partial charge in [0.15, 0.2) is 0 Å². The van der Waals surface area contributed by atoms with Crippen LogP contribution in [0.5, 0.6) is 0 Å². The number of thioether (sulfide) groups is 1. The second kappa shape index (κ2) is 5.50. The minimum atomic E-state index is -3.72. The summed E-state index contributed by atoms with van der Waals surface area (Å²) in [5, 5.41) is 5.70. The molecule has 1 aromatic carbocycles. The van der Waals surface area contributed by atoms with E-state index in [0.717, 1.165) is 4.90 Å². The van der Waals surface area contributed by atoms with Crippen LogP contribution in [0.15, 0.2) is 28.0 Å². The van der Waals surface area contributed by atoms with Crippen LogP contribution in [0.1, 0.15) is 32.1 Å². The fraction of sp³-hybridized carbons (Fsp3) is 0.500. The van der Waals surface area contributed by atoms with Crippen LogP contribution >= 0.6 is 11.8 Å². The van der Waals surface area contributed by atoms with Gasteiger partial charge in [-0.2, -0.15) is 0 Å². The largest absolute Gasteiger partial charge is 0.398 e. The standard InChI is InChI=1S/C12H18N2O2S2/c13-11-8-10(6-7-12(11)18(14,15)16)17-9-4-2-1-3-5-9/h6-9H,1-5,13H2,(H2,14,15,16). The van der Waals surface area contributed by atoms with E-state index in [1.165, 1.54) is 38.2 Å². The molecule has 0 amide bonds. The second-order valence-electron chi connectivity index (χ2n) is 4.62. The first kappa shape index (κ1) is 13.7. The molecule has 0 aliphatic heterocycles. The Morgan fingerprint density at radius 2 is 1.83 bits per heavy atom. The van der Waals surface area contributed by atoms with Crippen LogP contribution in [0.25, 0.3) is 0 Å². The molecular formula is C12H18N2O2S2. The van der Waals surface area contributed by atoms with Crippen molar-refractivity contribution < 1.29 is 8.42 Å². The van der Waals surface area contributed by atoms with Crippen molar-refractivity contribution in [3.8, 4) is 0 Å². The highest BCUT2D eigenvalue weighted by atomic mass is 32.2. The molecule has 2 rings (SSSR count). The third kappa shape index (κ3) is 3.40. The minimum absolute atomic E-state index is 0.00972. The normalized spacial score (nSPS) is 17.8. The lowest BCUT2D eigenvalue weighted by Gasteiger charge is -2.21. The van der Waals surface area contributed by atoms with E-state index in [1.54, 1.807) is 23.9 Å². The van der Waals surface area contributed by atoms with E-state index in [0.29, 0.717) is 5.25 Å². The van der Waals surface area contributed by atoms with Gasteiger partial charge in [0.2, 0.25) is 10.0 Å². The number of primary sulfonamides is 1. The Morgan fingerprint density at radius 3 is 2.39 bits per heavy atom. The summed E-state index contributed by atoms with van der Waals surface area (Å²) in [4.78, 5) is 1.03. The van der Waals surface area contributed by atoms with E-state index in [9.17, 15) is 8.42 Å². The van der Waals surface area contributed by atoms with Gasteiger partial charge in [0.05, 0.1) is 5.69 Å². The van der Waals surface area contributed by atoms with Crippen LogP contribution in [-0.2, 0) is 10.0 Å². The van der Waals surface area contributed by atoms with Crippen molar-refractivity contribution in [1.82, 2.24) is 0 Å². The smallest absolute Gasteiger partial charge is 0.240 e. The van der Waals surface area contributed by atoms with Gasteiger partial charge < -0.3 is 5.73 Å². The van der Waals surface area contributed by atoms with Crippen LogP contribution in [0.2, 0.25) is 0 Å². The minimum Gasteiger partial charge on any atom is -0.398 e. The van der Waals surface area contributed by atoms with E-state index in [2.05, 4.69) is 0 Å². The van der Waals surface area contributed by atoms with Crippen LogP contribution < -0.4 is 10.9 Å². The third-order valence-corrected chi connectivity index (χ3v) is 5.46. The van der Waals surface area contributed by atoms with Crippen molar-refractivity contribution in [3.63, 3.8) is 0 Å². The van der Waals surface area contributed by atoms with Gasteiger partial charge in [-0.3, -0.25) is 0 Å². The molecule has 0 unspecified atom stereocenters. The number of benzene rings is 1. The zero-order chi connectivity index (χ0) is 13.2. The van der Waals surface area contributed by atoms with Gasteiger partial charge in [0.1, 0.15) is 4.90 Å². The molecule has 4 nitrogen and oxygen atoms in total. The number of sulfonamides is 1. The van der Waals surface area contributed by atoms with Crippen molar-refractivity contribution in [1.29, 1.82) is 0 Å². The average molecular weight is 286 g/mol. The predicted molar refractivity (Wildman–Crippen MR) is 75.0 cm³/mol. The van der Waals surface area contributed by atoms with Gasteiger partial charge in [-0.25, -0.2) is 13.6 Å². The Kier molecular flexibility index (Phi) is 4.19. The van der Waals surface area contributed by atoms with Gasteiger partial charge in [-0.15, -0.1) is 11.8 Å². The third-order valence-electron chi connectivity index (χ3n) is 3.14. The molecule has 0 bridgehead atoms. The molecule has 1 aliphatic carbocycles. The van der Waals surface area contributed by atoms with E-state index in [1.807, 2.05) is 0 Å². The molecule has 100 valence electrons. The molecule has 1 fully saturated rings. The molecule has 0 atom stereocenters. The molecular weight excluding hydrogens is 268 g/mol. The summed E-state index contributed by atoms with van der Waals surface area (Å²) in [6.45, 7) is 0. The Labute approximate surface area is 112 Å². The highest BCUT2D eigenvalue weighted by Gasteiger charge is 2.17. The van der Waals surface area contributed by atoms with Gasteiger partial charge >= 0.3 is 0 Å². The maximum Gasteiger partial charge on any atom is 0.240 e. The molecule has 6 heteroatoms. The fourth-order valence-electron chi connectivity index (χ4n) is 2.23. The molecule has 1 saturated carbocycles. The molecule has 0 heterocycles. The van der Waals surface area contributed by atoms with E-state index in [4.69, 9.17) is 10.9 Å². The molecule has 0 aromatic heterocycles. The van der Waals surface area contributed by atoms with Gasteiger partial charge in [-0.1, -0.05) is 19.3 Å². The van der Waals surface area contributed by atoms with Crippen LogP contribution in [-0.4, -0.2) is 13.7 Å². The predicted octanol–water partition coefficient (Wildman–Crippen LogP) is 2.34. The van der Waals surface area contributed by atoms with E-state index < -0.39 is 10.0 Å². The molecule has 1 aromatic rings. The van der Waals surface area contributed by atoms with E-state index >= 15 is 0 Å². The van der Waals surface area contributed by atoms with Gasteiger partial charge in [0, 0.05) is 10.1 Å². The lowest BCUT2D eigenvalue weighted by Crippen LogP contribution is -2.14. The van der Waals surface area contributed by atoms with Crippen LogP contribution in [0.4, 0.5) is 5.69 Å². The summed E-state index contributed by atoms with van der Waals surface area (Å²) in [7, 11) is -3.72. The van der Waals surface area contributed by atoms with Crippen molar-refractivity contribution in [3.05, 3.63) is 18.2 Å². The quantitative estimate of drug-likeness (QED) is 0.835. The summed E-state index contributed by atoms with van der Waals surface area (Å²) >= 11 is 1.78. The molecule has 4 N–H and O–H groups in total. The first-order valence-corrected chi connectivity index (χ1v) is 8.48. The summed E-state index contributed by atoms with van der Waals surface area (Å²) in [5.41, 5.74) is 5.97. The number of rotatable bonds is 3. The molecule has 0 spiro atoms. The Balaban J connectivity index is 2.13. The first-order chi connectivity index (χ1) is 8.47. The van der Waals surface area contributed by atoms with Crippen LogP contribution in [0, 0.1) is 0 Å². The summed E-state index contributed by atoms with van der Waals surface area (Å²) in [6.07, 6.45) is 6.33.